The Bertz CT molecular complexity index is 1370. The van der Waals surface area contributed by atoms with Crippen LogP contribution in [0.1, 0.15) is 27.9 Å². The van der Waals surface area contributed by atoms with Crippen LogP contribution in [0.3, 0.4) is 0 Å². The molecule has 0 saturated carbocycles. The maximum absolute atomic E-state index is 12.3. The first kappa shape index (κ1) is 25.6. The van der Waals surface area contributed by atoms with E-state index in [1.54, 1.807) is 43.4 Å². The van der Waals surface area contributed by atoms with Gasteiger partial charge in [0.25, 0.3) is 6.43 Å². The molecule has 4 aromatic rings. The van der Waals surface area contributed by atoms with Gasteiger partial charge in [-0.15, -0.1) is 5.10 Å². The highest BCUT2D eigenvalue weighted by Crippen LogP contribution is 2.28. The van der Waals surface area contributed by atoms with E-state index in [-0.39, 0.29) is 5.56 Å². The van der Waals surface area contributed by atoms with Gasteiger partial charge >= 0.3 is 5.69 Å². The summed E-state index contributed by atoms with van der Waals surface area (Å²) < 4.78 is 30.5. The number of methoxy groups -OCH3 is 1. The van der Waals surface area contributed by atoms with Gasteiger partial charge in [-0.3, -0.25) is 9.78 Å². The lowest BCUT2D eigenvalue weighted by Crippen LogP contribution is -2.16. The number of benzene rings is 3. The smallest absolute Gasteiger partial charge is 0.348 e. The van der Waals surface area contributed by atoms with Gasteiger partial charge < -0.3 is 10.1 Å². The Hall–Kier alpha value is -3.98. The number of aldehydes is 1. The molecule has 0 atom stereocenters. The Balaban J connectivity index is 0.000000261. The van der Waals surface area contributed by atoms with Crippen LogP contribution in [0.2, 0.25) is 5.02 Å². The van der Waals surface area contributed by atoms with Crippen molar-refractivity contribution in [3.8, 4) is 22.8 Å². The molecule has 3 aromatic carbocycles. The van der Waals surface area contributed by atoms with Crippen molar-refractivity contribution in [2.24, 2.45) is 0 Å². The van der Waals surface area contributed by atoms with Gasteiger partial charge in [0.2, 0.25) is 0 Å². The van der Waals surface area contributed by atoms with E-state index in [2.05, 4.69) is 15.4 Å². The number of rotatable bonds is 6. The van der Waals surface area contributed by atoms with E-state index >= 15 is 0 Å². The summed E-state index contributed by atoms with van der Waals surface area (Å²) >= 11 is 6.23. The first-order valence-corrected chi connectivity index (χ1v) is 10.8. The molecular formula is C25H23ClF2N4O3. The molecule has 182 valence electrons. The molecule has 0 spiro atoms. The maximum Gasteiger partial charge on any atom is 0.348 e. The number of aromatic amines is 1. The fourth-order valence-corrected chi connectivity index (χ4v) is 3.61. The van der Waals surface area contributed by atoms with Crippen LogP contribution in [-0.4, -0.2) is 35.2 Å². The third kappa shape index (κ3) is 5.93. The highest BCUT2D eigenvalue weighted by Gasteiger charge is 2.15. The quantitative estimate of drug-likeness (QED) is 0.333. The van der Waals surface area contributed by atoms with Crippen molar-refractivity contribution in [2.75, 3.05) is 19.5 Å². The van der Waals surface area contributed by atoms with E-state index in [1.165, 1.54) is 23.9 Å². The molecular weight excluding hydrogens is 478 g/mol. The van der Waals surface area contributed by atoms with E-state index in [9.17, 15) is 18.4 Å². The van der Waals surface area contributed by atoms with Crippen LogP contribution in [0.25, 0.3) is 17.1 Å². The number of aromatic nitrogens is 3. The zero-order valence-corrected chi connectivity index (χ0v) is 19.9. The molecule has 0 amide bonds. The van der Waals surface area contributed by atoms with Crippen LogP contribution in [0.4, 0.5) is 14.5 Å². The minimum absolute atomic E-state index is 0.0526. The maximum atomic E-state index is 12.3. The van der Waals surface area contributed by atoms with Crippen molar-refractivity contribution in [2.45, 2.75) is 13.3 Å². The standard InChI is InChI=1S/C17H14ClN3O3.C8H9F2N/c1-10-4-3-5-13(18)15(10)16-19-17(23)21(20-16)12-7-6-11(9-22)14(8-12)24-2;1-11-7-4-2-3-6(5-7)8(9)10/h3-9H,1-2H3,(H,19,20,23);2-5,8,11H,1H3. The Morgan fingerprint density at radius 2 is 1.89 bits per heavy atom. The second-order valence-corrected chi connectivity index (χ2v) is 7.75. The van der Waals surface area contributed by atoms with Crippen molar-refractivity contribution < 1.29 is 18.3 Å². The van der Waals surface area contributed by atoms with Gasteiger partial charge in [0, 0.05) is 29.9 Å². The highest BCUT2D eigenvalue weighted by molar-refractivity contribution is 6.33. The van der Waals surface area contributed by atoms with Gasteiger partial charge in [-0.05, 0) is 42.8 Å². The number of ether oxygens (including phenoxy) is 1. The van der Waals surface area contributed by atoms with Crippen LogP contribution < -0.4 is 15.7 Å². The normalized spacial score (nSPS) is 10.5. The number of halogens is 3. The lowest BCUT2D eigenvalue weighted by molar-refractivity contribution is 0.112. The molecule has 1 heterocycles. The molecule has 0 fully saturated rings. The summed E-state index contributed by atoms with van der Waals surface area (Å²) in [6.45, 7) is 1.89. The molecule has 7 nitrogen and oxygen atoms in total. The van der Waals surface area contributed by atoms with Gasteiger partial charge in [-0.2, -0.15) is 4.68 Å². The average Bonchev–Trinajstić information content (AvgIpc) is 3.24. The van der Waals surface area contributed by atoms with Crippen molar-refractivity contribution in [1.82, 2.24) is 14.8 Å². The van der Waals surface area contributed by atoms with Crippen LogP contribution in [-0.2, 0) is 0 Å². The summed E-state index contributed by atoms with van der Waals surface area (Å²) in [5.74, 6) is 0.745. The molecule has 0 aliphatic heterocycles. The van der Waals surface area contributed by atoms with Gasteiger partial charge in [-0.25, -0.2) is 13.6 Å². The summed E-state index contributed by atoms with van der Waals surface area (Å²) in [6, 6.07) is 16.4. The van der Waals surface area contributed by atoms with E-state index in [0.29, 0.717) is 45.4 Å². The largest absolute Gasteiger partial charge is 0.496 e. The zero-order valence-electron chi connectivity index (χ0n) is 19.2. The third-order valence-electron chi connectivity index (χ3n) is 5.09. The Morgan fingerprint density at radius 3 is 2.51 bits per heavy atom. The minimum Gasteiger partial charge on any atom is -0.496 e. The summed E-state index contributed by atoms with van der Waals surface area (Å²) in [4.78, 5) is 26.0. The van der Waals surface area contributed by atoms with E-state index < -0.39 is 12.1 Å². The molecule has 0 unspecified atom stereocenters. The highest BCUT2D eigenvalue weighted by atomic mass is 35.5. The average molecular weight is 501 g/mol. The third-order valence-corrected chi connectivity index (χ3v) is 5.41. The number of carbonyl (C=O) groups excluding carboxylic acids is 1. The SMILES string of the molecule is CNc1cccc(C(F)F)c1.COc1cc(-n2nc(-c3c(C)cccc3Cl)[nH]c2=O)ccc1C=O. The summed E-state index contributed by atoms with van der Waals surface area (Å²) in [6.07, 6.45) is -1.70. The molecule has 0 aliphatic carbocycles. The first-order valence-electron chi connectivity index (χ1n) is 10.4. The second kappa shape index (κ2) is 11.4. The number of aryl methyl sites for hydroxylation is 1. The number of nitrogens with zero attached hydrogens (tertiary/aromatic N) is 2. The Kier molecular flexibility index (Phi) is 8.38. The predicted molar refractivity (Wildman–Crippen MR) is 132 cm³/mol. The lowest BCUT2D eigenvalue weighted by atomic mass is 10.1. The van der Waals surface area contributed by atoms with Crippen molar-refractivity contribution in [3.63, 3.8) is 0 Å². The van der Waals surface area contributed by atoms with Gasteiger partial charge in [0.15, 0.2) is 12.1 Å². The Morgan fingerprint density at radius 1 is 1.14 bits per heavy atom. The molecule has 0 bridgehead atoms. The number of carbonyl (C=O) groups is 1. The fraction of sp³-hybridized carbons (Fsp3) is 0.160. The molecule has 2 N–H and O–H groups in total. The van der Waals surface area contributed by atoms with Gasteiger partial charge in [0.05, 0.1) is 23.4 Å². The number of hydrogen-bond acceptors (Lipinski definition) is 5. The van der Waals surface area contributed by atoms with E-state index in [1.807, 2.05) is 19.1 Å². The first-order chi connectivity index (χ1) is 16.8. The van der Waals surface area contributed by atoms with Crippen molar-refractivity contribution >= 4 is 23.6 Å². The van der Waals surface area contributed by atoms with Crippen molar-refractivity contribution in [3.05, 3.63) is 92.9 Å². The van der Waals surface area contributed by atoms with Gasteiger partial charge in [-0.1, -0.05) is 35.9 Å². The van der Waals surface area contributed by atoms with E-state index in [4.69, 9.17) is 16.3 Å². The van der Waals surface area contributed by atoms with Crippen LogP contribution in [0.15, 0.2) is 65.5 Å². The molecule has 10 heteroatoms. The molecule has 4 rings (SSSR count). The fourth-order valence-electron chi connectivity index (χ4n) is 3.30. The lowest BCUT2D eigenvalue weighted by Gasteiger charge is -2.06. The summed E-state index contributed by atoms with van der Waals surface area (Å²) in [7, 11) is 3.16. The minimum atomic E-state index is -2.39. The van der Waals surface area contributed by atoms with Crippen LogP contribution in [0.5, 0.6) is 5.75 Å². The number of hydrogen-bond donors (Lipinski definition) is 2. The number of H-pyrrole nitrogens is 1. The van der Waals surface area contributed by atoms with Crippen LogP contribution in [0, 0.1) is 6.92 Å². The molecule has 0 saturated heterocycles. The molecule has 0 radical (unpaired) electrons. The molecule has 1 aromatic heterocycles. The molecule has 35 heavy (non-hydrogen) atoms. The monoisotopic (exact) mass is 500 g/mol. The summed E-state index contributed by atoms with van der Waals surface area (Å²) in [5, 5.41) is 7.62. The number of anilines is 1. The zero-order chi connectivity index (χ0) is 25.5. The topological polar surface area (TPSA) is 89.0 Å². The van der Waals surface area contributed by atoms with Crippen LogP contribution >= 0.6 is 11.6 Å². The van der Waals surface area contributed by atoms with E-state index in [0.717, 1.165) is 5.56 Å². The second-order valence-electron chi connectivity index (χ2n) is 7.34. The molecule has 0 aliphatic rings. The van der Waals surface area contributed by atoms with Crippen molar-refractivity contribution in [1.29, 1.82) is 0 Å². The predicted octanol–water partition coefficient (Wildman–Crippen LogP) is 5.68. The summed E-state index contributed by atoms with van der Waals surface area (Å²) in [5.41, 5.74) is 2.80. The van der Waals surface area contributed by atoms with Gasteiger partial charge in [0.1, 0.15) is 5.75 Å². The Labute approximate surface area is 205 Å². The number of alkyl halides is 2. The number of nitrogens with one attached hydrogen (secondary N) is 2.